The summed E-state index contributed by atoms with van der Waals surface area (Å²) in [5, 5.41) is 0. The molecule has 0 N–H and O–H groups in total. The van der Waals surface area contributed by atoms with Crippen LogP contribution < -0.4 is 0 Å². The second-order valence-corrected chi connectivity index (χ2v) is 7.03. The van der Waals surface area contributed by atoms with Crippen molar-refractivity contribution >= 4 is 11.8 Å². The van der Waals surface area contributed by atoms with Gasteiger partial charge in [-0.15, -0.1) is 0 Å². The third-order valence-corrected chi connectivity index (χ3v) is 4.61. The van der Waals surface area contributed by atoms with Gasteiger partial charge in [-0.25, -0.2) is 4.79 Å². The van der Waals surface area contributed by atoms with Crippen molar-refractivity contribution in [2.45, 2.75) is 39.9 Å². The predicted octanol–water partition coefficient (Wildman–Crippen LogP) is 4.87. The normalized spacial score (nSPS) is 12.5. The summed E-state index contributed by atoms with van der Waals surface area (Å²) in [6.07, 6.45) is 0.867. The van der Waals surface area contributed by atoms with Crippen LogP contribution >= 0.6 is 0 Å². The van der Waals surface area contributed by atoms with Crippen LogP contribution in [-0.2, 0) is 9.47 Å². The molecule has 0 spiro atoms. The largest absolute Gasteiger partial charge is 0.432 e. The summed E-state index contributed by atoms with van der Waals surface area (Å²) in [6.45, 7) is 6.28. The minimum Gasteiger partial charge on any atom is -0.432 e. The van der Waals surface area contributed by atoms with E-state index in [2.05, 4.69) is 20.8 Å². The standard InChI is InChI=1S/C22H26O4/c1-5-22(2,3)15-19(25-4)26-21(24)18-14-10-9-13-17(18)20(23)16-11-7-6-8-12-16/h6-14,19H,5,15H2,1-4H3. The van der Waals surface area contributed by atoms with Gasteiger partial charge < -0.3 is 9.47 Å². The molecule has 1 atom stereocenters. The molecule has 0 aliphatic carbocycles. The molecule has 0 aromatic heterocycles. The van der Waals surface area contributed by atoms with Gasteiger partial charge in [-0.05, 0) is 11.5 Å². The van der Waals surface area contributed by atoms with Gasteiger partial charge in [-0.2, -0.15) is 0 Å². The van der Waals surface area contributed by atoms with E-state index in [0.29, 0.717) is 17.5 Å². The first-order valence-corrected chi connectivity index (χ1v) is 8.80. The van der Waals surface area contributed by atoms with Crippen molar-refractivity contribution in [3.05, 3.63) is 71.3 Å². The van der Waals surface area contributed by atoms with E-state index in [1.54, 1.807) is 48.5 Å². The fourth-order valence-corrected chi connectivity index (χ4v) is 2.56. The van der Waals surface area contributed by atoms with Crippen molar-refractivity contribution in [3.63, 3.8) is 0 Å². The fraction of sp³-hybridized carbons (Fsp3) is 0.364. The molecule has 0 saturated heterocycles. The van der Waals surface area contributed by atoms with E-state index in [1.165, 1.54) is 7.11 Å². The van der Waals surface area contributed by atoms with Gasteiger partial charge >= 0.3 is 5.97 Å². The first kappa shape index (κ1) is 19.9. The molecule has 2 rings (SSSR count). The highest BCUT2D eigenvalue weighted by Crippen LogP contribution is 2.28. The zero-order chi connectivity index (χ0) is 19.2. The zero-order valence-electron chi connectivity index (χ0n) is 15.8. The maximum absolute atomic E-state index is 12.8. The Morgan fingerprint density at radius 3 is 2.12 bits per heavy atom. The minimum absolute atomic E-state index is 0.0136. The third kappa shape index (κ3) is 5.02. The number of hydrogen-bond acceptors (Lipinski definition) is 4. The number of hydrogen-bond donors (Lipinski definition) is 0. The van der Waals surface area contributed by atoms with Crippen LogP contribution in [0.1, 0.15) is 59.9 Å². The van der Waals surface area contributed by atoms with E-state index in [0.717, 1.165) is 6.42 Å². The van der Waals surface area contributed by atoms with Gasteiger partial charge in [0.25, 0.3) is 0 Å². The number of carbonyl (C=O) groups is 2. The van der Waals surface area contributed by atoms with Gasteiger partial charge in [-0.3, -0.25) is 4.79 Å². The monoisotopic (exact) mass is 354 g/mol. The molecule has 0 bridgehead atoms. The van der Waals surface area contributed by atoms with E-state index in [9.17, 15) is 9.59 Å². The van der Waals surface area contributed by atoms with Crippen LogP contribution in [0.3, 0.4) is 0 Å². The molecule has 0 heterocycles. The quantitative estimate of drug-likeness (QED) is 0.385. The summed E-state index contributed by atoms with van der Waals surface area (Å²) in [5.41, 5.74) is 1.09. The Bertz CT molecular complexity index is 750. The van der Waals surface area contributed by atoms with E-state index in [1.807, 2.05) is 6.07 Å². The molecule has 0 aliphatic heterocycles. The van der Waals surface area contributed by atoms with Gasteiger partial charge in [-0.1, -0.05) is 75.7 Å². The van der Waals surface area contributed by atoms with Crippen LogP contribution in [-0.4, -0.2) is 25.2 Å². The van der Waals surface area contributed by atoms with Gasteiger partial charge in [0.05, 0.1) is 5.56 Å². The fourth-order valence-electron chi connectivity index (χ4n) is 2.56. The molecule has 0 fully saturated rings. The summed E-state index contributed by atoms with van der Waals surface area (Å²) in [5.74, 6) is -0.760. The van der Waals surface area contributed by atoms with Crippen LogP contribution in [0, 0.1) is 5.41 Å². The van der Waals surface area contributed by atoms with E-state index < -0.39 is 12.3 Å². The second kappa shape index (κ2) is 8.77. The third-order valence-electron chi connectivity index (χ3n) is 4.61. The zero-order valence-corrected chi connectivity index (χ0v) is 15.8. The molecular formula is C22H26O4. The smallest absolute Gasteiger partial charge is 0.341 e. The van der Waals surface area contributed by atoms with Crippen molar-refractivity contribution in [1.82, 2.24) is 0 Å². The van der Waals surface area contributed by atoms with Crippen LogP contribution in [0.4, 0.5) is 0 Å². The Kier molecular flexibility index (Phi) is 6.70. The van der Waals surface area contributed by atoms with Gasteiger partial charge in [0, 0.05) is 24.7 Å². The summed E-state index contributed by atoms with van der Waals surface area (Å²) >= 11 is 0. The molecule has 4 nitrogen and oxygen atoms in total. The predicted molar refractivity (Wildman–Crippen MR) is 101 cm³/mol. The molecule has 138 valence electrons. The molecule has 2 aromatic carbocycles. The Morgan fingerprint density at radius 2 is 1.54 bits per heavy atom. The highest BCUT2D eigenvalue weighted by molar-refractivity contribution is 6.14. The second-order valence-electron chi connectivity index (χ2n) is 7.03. The summed E-state index contributed by atoms with van der Waals surface area (Å²) in [4.78, 5) is 25.5. The molecule has 0 radical (unpaired) electrons. The van der Waals surface area contributed by atoms with Crippen molar-refractivity contribution in [1.29, 1.82) is 0 Å². The topological polar surface area (TPSA) is 52.6 Å². The van der Waals surface area contributed by atoms with Crippen molar-refractivity contribution in [2.24, 2.45) is 5.41 Å². The molecule has 1 unspecified atom stereocenters. The lowest BCUT2D eigenvalue weighted by molar-refractivity contribution is -0.109. The van der Waals surface area contributed by atoms with Crippen molar-refractivity contribution in [2.75, 3.05) is 7.11 Å². The highest BCUT2D eigenvalue weighted by atomic mass is 16.7. The number of ketones is 1. The lowest BCUT2D eigenvalue weighted by Gasteiger charge is -2.27. The van der Waals surface area contributed by atoms with E-state index >= 15 is 0 Å². The Hall–Kier alpha value is -2.46. The van der Waals surface area contributed by atoms with Crippen LogP contribution in [0.5, 0.6) is 0 Å². The number of ether oxygens (including phenoxy) is 2. The molecule has 0 amide bonds. The molecular weight excluding hydrogens is 328 g/mol. The first-order valence-electron chi connectivity index (χ1n) is 8.80. The summed E-state index contributed by atoms with van der Waals surface area (Å²) in [6, 6.07) is 15.6. The maximum atomic E-state index is 12.8. The SMILES string of the molecule is CCC(C)(C)CC(OC)OC(=O)c1ccccc1C(=O)c1ccccc1. The number of benzene rings is 2. The van der Waals surface area contributed by atoms with Crippen LogP contribution in [0.15, 0.2) is 54.6 Å². The Morgan fingerprint density at radius 1 is 0.962 bits per heavy atom. The molecule has 2 aromatic rings. The van der Waals surface area contributed by atoms with Crippen molar-refractivity contribution < 1.29 is 19.1 Å². The van der Waals surface area contributed by atoms with Gasteiger partial charge in [0.2, 0.25) is 6.29 Å². The number of esters is 1. The number of rotatable bonds is 8. The Labute approximate surface area is 155 Å². The number of methoxy groups -OCH3 is 1. The average Bonchev–Trinajstić information content (AvgIpc) is 2.67. The highest BCUT2D eigenvalue weighted by Gasteiger charge is 2.26. The van der Waals surface area contributed by atoms with E-state index in [-0.39, 0.29) is 16.8 Å². The van der Waals surface area contributed by atoms with E-state index in [4.69, 9.17) is 9.47 Å². The lowest BCUT2D eigenvalue weighted by atomic mass is 9.86. The summed E-state index contributed by atoms with van der Waals surface area (Å²) < 4.78 is 10.9. The van der Waals surface area contributed by atoms with Crippen molar-refractivity contribution in [3.8, 4) is 0 Å². The Balaban J connectivity index is 2.23. The minimum atomic E-state index is -0.655. The first-order chi connectivity index (χ1) is 12.4. The molecule has 0 saturated carbocycles. The van der Waals surface area contributed by atoms with Crippen LogP contribution in [0.25, 0.3) is 0 Å². The summed E-state index contributed by atoms with van der Waals surface area (Å²) in [7, 11) is 1.52. The molecule has 26 heavy (non-hydrogen) atoms. The maximum Gasteiger partial charge on any atom is 0.341 e. The lowest BCUT2D eigenvalue weighted by Crippen LogP contribution is -2.27. The molecule has 0 aliphatic rings. The number of carbonyl (C=O) groups excluding carboxylic acids is 2. The molecule has 4 heteroatoms. The average molecular weight is 354 g/mol. The van der Waals surface area contributed by atoms with Gasteiger partial charge in [0.1, 0.15) is 0 Å². The van der Waals surface area contributed by atoms with Crippen LogP contribution in [0.2, 0.25) is 0 Å². The van der Waals surface area contributed by atoms with Gasteiger partial charge in [0.15, 0.2) is 5.78 Å².